The summed E-state index contributed by atoms with van der Waals surface area (Å²) in [5.74, 6) is 2.46. The highest BCUT2D eigenvalue weighted by atomic mass is 15.4. The molecule has 0 atom stereocenters. The Balaban J connectivity index is 1.51. The van der Waals surface area contributed by atoms with Crippen LogP contribution in [0.15, 0.2) is 54.9 Å². The van der Waals surface area contributed by atoms with E-state index >= 15 is 0 Å². The Morgan fingerprint density at radius 3 is 2.11 bits per heavy atom. The molecule has 1 aliphatic heterocycles. The van der Waals surface area contributed by atoms with Crippen LogP contribution in [0.5, 0.6) is 0 Å². The van der Waals surface area contributed by atoms with E-state index < -0.39 is 0 Å². The fourth-order valence-corrected chi connectivity index (χ4v) is 3.19. The third-order valence-corrected chi connectivity index (χ3v) is 4.71. The third kappa shape index (κ3) is 3.81. The zero-order valence-corrected chi connectivity index (χ0v) is 15.7. The van der Waals surface area contributed by atoms with Gasteiger partial charge in [-0.15, -0.1) is 0 Å². The normalized spacial score (nSPS) is 14.3. The van der Waals surface area contributed by atoms with Crippen LogP contribution in [0, 0.1) is 6.92 Å². The van der Waals surface area contributed by atoms with E-state index in [1.165, 1.54) is 0 Å². The maximum Gasteiger partial charge on any atom is 0.227 e. The van der Waals surface area contributed by atoms with Crippen molar-refractivity contribution in [2.75, 3.05) is 47.9 Å². The van der Waals surface area contributed by atoms with E-state index in [0.717, 1.165) is 55.3 Å². The van der Waals surface area contributed by atoms with E-state index in [1.807, 2.05) is 44.3 Å². The molecule has 0 radical (unpaired) electrons. The van der Waals surface area contributed by atoms with Crippen LogP contribution in [-0.2, 0) is 0 Å². The van der Waals surface area contributed by atoms with Gasteiger partial charge in [-0.1, -0.05) is 18.2 Å². The summed E-state index contributed by atoms with van der Waals surface area (Å²) in [6, 6.07) is 14.1. The van der Waals surface area contributed by atoms with Crippen molar-refractivity contribution in [1.29, 1.82) is 0 Å². The van der Waals surface area contributed by atoms with Gasteiger partial charge < -0.3 is 14.7 Å². The van der Waals surface area contributed by atoms with Crippen LogP contribution >= 0.6 is 0 Å². The molecule has 0 N–H and O–H groups in total. The van der Waals surface area contributed by atoms with Gasteiger partial charge >= 0.3 is 0 Å². The smallest absolute Gasteiger partial charge is 0.227 e. The largest absolute Gasteiger partial charge is 0.337 e. The molecule has 1 saturated heterocycles. The highest BCUT2D eigenvalue weighted by molar-refractivity contribution is 5.60. The van der Waals surface area contributed by atoms with E-state index in [-0.39, 0.29) is 0 Å². The van der Waals surface area contributed by atoms with Crippen LogP contribution in [0.1, 0.15) is 5.69 Å². The van der Waals surface area contributed by atoms with Crippen molar-refractivity contribution in [2.24, 2.45) is 0 Å². The fraction of sp³-hybridized carbons (Fsp3) is 0.300. The lowest BCUT2D eigenvalue weighted by Gasteiger charge is -2.35. The molecule has 0 saturated carbocycles. The minimum atomic E-state index is 0.779. The van der Waals surface area contributed by atoms with Crippen molar-refractivity contribution in [1.82, 2.24) is 19.9 Å². The van der Waals surface area contributed by atoms with E-state index in [2.05, 4.69) is 41.8 Å². The van der Waals surface area contributed by atoms with Gasteiger partial charge in [-0.05, 0) is 25.1 Å². The zero-order chi connectivity index (χ0) is 18.6. The summed E-state index contributed by atoms with van der Waals surface area (Å²) in [4.78, 5) is 24.7. The first-order valence-electron chi connectivity index (χ1n) is 9.12. The summed E-state index contributed by atoms with van der Waals surface area (Å²) in [7, 11) is 2.03. The fourth-order valence-electron chi connectivity index (χ4n) is 3.19. The molecule has 0 unspecified atom stereocenters. The lowest BCUT2D eigenvalue weighted by atomic mass is 10.3. The van der Waals surface area contributed by atoms with Gasteiger partial charge in [-0.3, -0.25) is 0 Å². The van der Waals surface area contributed by atoms with Crippen LogP contribution in [0.25, 0.3) is 0 Å². The predicted molar refractivity (Wildman–Crippen MR) is 108 cm³/mol. The summed E-state index contributed by atoms with van der Waals surface area (Å²) < 4.78 is 0. The molecule has 4 rings (SSSR count). The molecule has 1 aliphatic rings. The van der Waals surface area contributed by atoms with Crippen molar-refractivity contribution in [3.05, 3.63) is 60.6 Å². The number of rotatable bonds is 4. The second-order valence-electron chi connectivity index (χ2n) is 6.58. The Labute approximate surface area is 159 Å². The average molecular weight is 361 g/mol. The van der Waals surface area contributed by atoms with E-state index in [1.54, 1.807) is 12.4 Å². The Hall–Kier alpha value is -3.22. The molecule has 27 heavy (non-hydrogen) atoms. The standard InChI is InChI=1S/C20H23N7/c1-16-15-18(25(2)17-7-4-3-5-8-17)24-20(23-16)27-13-11-26(12-14-27)19-21-9-6-10-22-19/h3-10,15H,11-14H2,1-2H3. The zero-order valence-electron chi connectivity index (χ0n) is 15.7. The van der Waals surface area contributed by atoms with Crippen LogP contribution in [0.2, 0.25) is 0 Å². The Morgan fingerprint density at radius 1 is 0.815 bits per heavy atom. The van der Waals surface area contributed by atoms with Gasteiger partial charge in [0.15, 0.2) is 0 Å². The van der Waals surface area contributed by atoms with E-state index in [9.17, 15) is 0 Å². The maximum atomic E-state index is 4.82. The quantitative estimate of drug-likeness (QED) is 0.708. The summed E-state index contributed by atoms with van der Waals surface area (Å²) in [6.45, 7) is 5.41. The third-order valence-electron chi connectivity index (χ3n) is 4.71. The molecule has 2 aromatic heterocycles. The Morgan fingerprint density at radius 2 is 1.44 bits per heavy atom. The van der Waals surface area contributed by atoms with Crippen molar-refractivity contribution in [3.63, 3.8) is 0 Å². The average Bonchev–Trinajstić information content (AvgIpc) is 2.74. The predicted octanol–water partition coefficient (Wildman–Crippen LogP) is 2.67. The van der Waals surface area contributed by atoms with Gasteiger partial charge in [0.05, 0.1) is 0 Å². The van der Waals surface area contributed by atoms with Crippen molar-refractivity contribution in [2.45, 2.75) is 6.92 Å². The molecule has 3 aromatic rings. The lowest BCUT2D eigenvalue weighted by Crippen LogP contribution is -2.47. The molecule has 7 heteroatoms. The number of para-hydroxylation sites is 1. The van der Waals surface area contributed by atoms with E-state index in [0.29, 0.717) is 0 Å². The summed E-state index contributed by atoms with van der Waals surface area (Å²) in [5.41, 5.74) is 2.07. The molecule has 7 nitrogen and oxygen atoms in total. The number of nitrogens with zero attached hydrogens (tertiary/aromatic N) is 7. The van der Waals surface area contributed by atoms with Crippen molar-refractivity contribution < 1.29 is 0 Å². The number of anilines is 4. The van der Waals surface area contributed by atoms with E-state index in [4.69, 9.17) is 4.98 Å². The van der Waals surface area contributed by atoms with Gasteiger partial charge in [-0.25, -0.2) is 15.0 Å². The first-order chi connectivity index (χ1) is 13.2. The molecule has 0 bridgehead atoms. The van der Waals surface area contributed by atoms with Crippen LogP contribution in [0.4, 0.5) is 23.4 Å². The number of hydrogen-bond donors (Lipinski definition) is 0. The SMILES string of the molecule is Cc1cc(N(C)c2ccccc2)nc(N2CCN(c3ncccn3)CC2)n1. The monoisotopic (exact) mass is 361 g/mol. The molecule has 1 fully saturated rings. The second kappa shape index (κ2) is 7.57. The molecule has 0 aliphatic carbocycles. The minimum absolute atomic E-state index is 0.779. The molecule has 3 heterocycles. The summed E-state index contributed by atoms with van der Waals surface area (Å²) in [6.07, 6.45) is 3.56. The highest BCUT2D eigenvalue weighted by Gasteiger charge is 2.21. The molecular formula is C20H23N7. The van der Waals surface area contributed by atoms with Gasteiger partial charge in [0.2, 0.25) is 11.9 Å². The number of benzene rings is 1. The van der Waals surface area contributed by atoms with Crippen LogP contribution in [-0.4, -0.2) is 53.2 Å². The van der Waals surface area contributed by atoms with Crippen molar-refractivity contribution in [3.8, 4) is 0 Å². The lowest BCUT2D eigenvalue weighted by molar-refractivity contribution is 0.627. The topological polar surface area (TPSA) is 61.3 Å². The molecule has 1 aromatic carbocycles. The molecule has 0 amide bonds. The van der Waals surface area contributed by atoms with Gasteiger partial charge in [0.25, 0.3) is 0 Å². The summed E-state index contributed by atoms with van der Waals surface area (Å²) in [5, 5.41) is 0. The number of piperazine rings is 1. The first-order valence-corrected chi connectivity index (χ1v) is 9.12. The number of aromatic nitrogens is 4. The summed E-state index contributed by atoms with van der Waals surface area (Å²) >= 11 is 0. The second-order valence-corrected chi connectivity index (χ2v) is 6.58. The minimum Gasteiger partial charge on any atom is -0.337 e. The van der Waals surface area contributed by atoms with Gasteiger partial charge in [0, 0.05) is 63.1 Å². The Kier molecular flexibility index (Phi) is 4.82. The van der Waals surface area contributed by atoms with Gasteiger partial charge in [0.1, 0.15) is 5.82 Å². The first kappa shape index (κ1) is 17.2. The van der Waals surface area contributed by atoms with Crippen LogP contribution in [0.3, 0.4) is 0 Å². The number of aryl methyl sites for hydroxylation is 1. The van der Waals surface area contributed by atoms with Crippen molar-refractivity contribution >= 4 is 23.4 Å². The number of hydrogen-bond acceptors (Lipinski definition) is 7. The Bertz CT molecular complexity index is 877. The molecule has 0 spiro atoms. The highest BCUT2D eigenvalue weighted by Crippen LogP contribution is 2.24. The molecule has 138 valence electrons. The maximum absolute atomic E-state index is 4.82. The van der Waals surface area contributed by atoms with Gasteiger partial charge in [-0.2, -0.15) is 4.98 Å². The molecular weight excluding hydrogens is 338 g/mol. The van der Waals surface area contributed by atoms with Crippen LogP contribution < -0.4 is 14.7 Å².